The molecule has 2 saturated heterocycles. The van der Waals surface area contributed by atoms with E-state index in [2.05, 4.69) is 34.4 Å². The number of Topliss-reactive ketones (excluding diaryl/α,β-unsaturated/α-hetero) is 2. The van der Waals surface area contributed by atoms with Crippen LogP contribution in [0.15, 0.2) is 98.1 Å². The van der Waals surface area contributed by atoms with Crippen LogP contribution >= 0.6 is 0 Å². The summed E-state index contributed by atoms with van der Waals surface area (Å²) in [5.41, 5.74) is 4.04. The predicted octanol–water partition coefficient (Wildman–Crippen LogP) is 8.89. The molecule has 0 aliphatic carbocycles. The fourth-order valence-electron chi connectivity index (χ4n) is 11.1. The van der Waals surface area contributed by atoms with Crippen molar-refractivity contribution in [1.29, 1.82) is 0 Å². The second kappa shape index (κ2) is 39.6. The van der Waals surface area contributed by atoms with Crippen LogP contribution in [0.25, 0.3) is 0 Å². The highest BCUT2D eigenvalue weighted by Gasteiger charge is 2.34. The summed E-state index contributed by atoms with van der Waals surface area (Å²) >= 11 is 0. The Morgan fingerprint density at radius 3 is 1.29 bits per heavy atom. The van der Waals surface area contributed by atoms with E-state index in [4.69, 9.17) is 28.4 Å². The van der Waals surface area contributed by atoms with Gasteiger partial charge in [0.1, 0.15) is 32.2 Å². The number of aliphatic hydroxyl groups excluding tert-OH is 2. The maximum atomic E-state index is 13.6. The number of carbonyl (C=O) groups excluding carboxylic acids is 10. The maximum Gasteiger partial charge on any atom is 0.411 e. The average molecular weight is 1360 g/mol. The van der Waals surface area contributed by atoms with E-state index in [1.807, 2.05) is 27.7 Å². The molecule has 25 nitrogen and oxygen atoms in total. The molecule has 6 amide bonds. The highest BCUT2D eigenvalue weighted by atomic mass is 16.6. The number of likely N-dealkylation sites (tertiary alicyclic amines) is 2. The highest BCUT2D eigenvalue weighted by molar-refractivity contribution is 6.05. The summed E-state index contributed by atoms with van der Waals surface area (Å²) < 4.78 is 31.4. The van der Waals surface area contributed by atoms with Gasteiger partial charge in [-0.1, -0.05) is 102 Å². The molecule has 98 heavy (non-hydrogen) atoms. The molecular weight excluding hydrogens is 1260 g/mol. The Morgan fingerprint density at radius 1 is 0.541 bits per heavy atom. The van der Waals surface area contributed by atoms with Gasteiger partial charge in [0.25, 0.3) is 11.8 Å². The monoisotopic (exact) mass is 1360 g/mol. The number of rotatable bonds is 32. The van der Waals surface area contributed by atoms with E-state index in [-0.39, 0.29) is 147 Å². The molecule has 6 rings (SSSR count). The molecule has 2 aliphatic heterocycles. The first-order valence-electron chi connectivity index (χ1n) is 32.9. The second-order valence-corrected chi connectivity index (χ2v) is 24.9. The van der Waals surface area contributed by atoms with E-state index in [0.29, 0.717) is 53.9 Å². The average Bonchev–Trinajstić information content (AvgIpc) is 0.806. The lowest BCUT2D eigenvalue weighted by Crippen LogP contribution is -2.45. The number of aryl methyl sites for hydroxylation is 1. The third-order valence-corrected chi connectivity index (χ3v) is 17.0. The minimum absolute atomic E-state index is 0.0259. The van der Waals surface area contributed by atoms with Crippen LogP contribution in [0.4, 0.5) is 21.0 Å². The van der Waals surface area contributed by atoms with Gasteiger partial charge in [-0.2, -0.15) is 0 Å². The molecule has 0 aromatic heterocycles. The molecule has 4 aromatic rings. The fraction of sp³-hybridized carbons (Fsp3) is 0.479. The van der Waals surface area contributed by atoms with E-state index >= 15 is 0 Å². The van der Waals surface area contributed by atoms with Crippen molar-refractivity contribution in [1.82, 2.24) is 20.4 Å². The number of ketones is 2. The number of phenols is 1. The first-order chi connectivity index (χ1) is 46.7. The van der Waals surface area contributed by atoms with Gasteiger partial charge < -0.3 is 64.2 Å². The van der Waals surface area contributed by atoms with Crippen LogP contribution < -0.4 is 30.7 Å². The Balaban J connectivity index is 0.000000354. The summed E-state index contributed by atoms with van der Waals surface area (Å²) in [4.78, 5) is 131. The minimum Gasteiger partial charge on any atom is -0.504 e. The molecule has 0 bridgehead atoms. The number of ether oxygens (including phenoxy) is 6. The lowest BCUT2D eigenvalue weighted by molar-refractivity contribution is -0.147. The van der Waals surface area contributed by atoms with Crippen LogP contribution in [0.1, 0.15) is 141 Å². The number of piperidine rings is 2. The SMILES string of the molecule is C=CCOC(=O)C[C@H](C(=O)N[C@@H](C)C(=O)Cc1ccc(COC(=O)Nc2cc(C)c(OC)cc2C(=O)N2CCCC[C@H]2CO)cc1)C(C)C.C=CCOC(=O)C[C@H](C(=O)N[C@@H](C)C(=O)Cc1ccc(COC(=O)Nc2cc(O)c(OC)cc2C(=O)N2CCCC[C@H]2CO)cc1)C(C)C. The number of hydrogen-bond donors (Lipinski definition) is 7. The molecule has 2 heterocycles. The van der Waals surface area contributed by atoms with Crippen molar-refractivity contribution < 1.29 is 91.7 Å². The van der Waals surface area contributed by atoms with Crippen LogP contribution in [0.5, 0.6) is 17.2 Å². The van der Waals surface area contributed by atoms with Crippen molar-refractivity contribution in [2.24, 2.45) is 23.7 Å². The van der Waals surface area contributed by atoms with Crippen LogP contribution in [-0.4, -0.2) is 162 Å². The largest absolute Gasteiger partial charge is 0.504 e. The smallest absolute Gasteiger partial charge is 0.411 e. The topological polar surface area (TPSA) is 341 Å². The van der Waals surface area contributed by atoms with E-state index in [0.717, 1.165) is 31.2 Å². The van der Waals surface area contributed by atoms with Crippen molar-refractivity contribution in [2.45, 2.75) is 150 Å². The van der Waals surface area contributed by atoms with Gasteiger partial charge in [0.2, 0.25) is 11.8 Å². The quantitative estimate of drug-likeness (QED) is 0.0136. The lowest BCUT2D eigenvalue weighted by Gasteiger charge is -2.35. The number of benzene rings is 4. The van der Waals surface area contributed by atoms with Crippen molar-refractivity contribution in [2.75, 3.05) is 64.4 Å². The molecule has 6 atom stereocenters. The van der Waals surface area contributed by atoms with Crippen LogP contribution in [-0.2, 0) is 73.8 Å². The van der Waals surface area contributed by atoms with Gasteiger partial charge in [-0.3, -0.25) is 49.0 Å². The normalized spacial score (nSPS) is 15.5. The number of phenolic OH excluding ortho intramolecular Hbond substituents is 1. The van der Waals surface area contributed by atoms with Gasteiger partial charge in [-0.15, -0.1) is 0 Å². The first-order valence-corrected chi connectivity index (χ1v) is 32.9. The second-order valence-electron chi connectivity index (χ2n) is 24.9. The zero-order valence-electron chi connectivity index (χ0n) is 57.6. The molecule has 2 fully saturated rings. The third-order valence-electron chi connectivity index (χ3n) is 17.0. The van der Waals surface area contributed by atoms with Crippen molar-refractivity contribution in [3.8, 4) is 17.2 Å². The summed E-state index contributed by atoms with van der Waals surface area (Å²) in [6, 6.07) is 17.4. The number of methoxy groups -OCH3 is 2. The Labute approximate surface area is 572 Å². The van der Waals surface area contributed by atoms with Crippen molar-refractivity contribution >= 4 is 70.7 Å². The van der Waals surface area contributed by atoms with Gasteiger partial charge >= 0.3 is 24.1 Å². The third kappa shape index (κ3) is 23.9. The van der Waals surface area contributed by atoms with Gasteiger partial charge in [0.05, 0.1) is 98.8 Å². The molecule has 0 radical (unpaired) electrons. The molecule has 0 unspecified atom stereocenters. The van der Waals surface area contributed by atoms with E-state index in [1.54, 1.807) is 91.2 Å². The fourth-order valence-corrected chi connectivity index (χ4v) is 11.1. The molecule has 532 valence electrons. The van der Waals surface area contributed by atoms with Crippen LogP contribution in [0.3, 0.4) is 0 Å². The van der Waals surface area contributed by atoms with E-state index < -0.39 is 59.9 Å². The zero-order valence-corrected chi connectivity index (χ0v) is 57.6. The predicted molar refractivity (Wildman–Crippen MR) is 365 cm³/mol. The van der Waals surface area contributed by atoms with Gasteiger partial charge in [0, 0.05) is 32.0 Å². The number of carbonyl (C=O) groups is 10. The number of hydrogen-bond acceptors (Lipinski definition) is 19. The molecule has 25 heteroatoms. The molecule has 2 aliphatic rings. The zero-order chi connectivity index (χ0) is 72.2. The molecular formula is C73H96N6O19. The molecule has 4 aromatic carbocycles. The Morgan fingerprint density at radius 2 is 0.918 bits per heavy atom. The Bertz CT molecular complexity index is 3200. The molecule has 0 saturated carbocycles. The summed E-state index contributed by atoms with van der Waals surface area (Å²) in [5, 5.41) is 40.6. The van der Waals surface area contributed by atoms with Crippen LogP contribution in [0, 0.1) is 30.6 Å². The minimum atomic E-state index is -0.867. The van der Waals surface area contributed by atoms with Crippen LogP contribution in [0.2, 0.25) is 0 Å². The first kappa shape index (κ1) is 79.1. The maximum absolute atomic E-state index is 13.6. The Hall–Kier alpha value is -9.62. The Kier molecular flexibility index (Phi) is 31.9. The highest BCUT2D eigenvalue weighted by Crippen LogP contribution is 2.35. The van der Waals surface area contributed by atoms with Crippen molar-refractivity contribution in [3.05, 3.63) is 137 Å². The lowest BCUT2D eigenvalue weighted by atomic mass is 9.91. The number of aromatic hydroxyl groups is 1. The summed E-state index contributed by atoms with van der Waals surface area (Å²) in [6.07, 6.45) is 5.96. The molecule has 0 spiro atoms. The number of esters is 2. The summed E-state index contributed by atoms with van der Waals surface area (Å²) in [5.74, 6) is -4.29. The van der Waals surface area contributed by atoms with E-state index in [1.165, 1.54) is 38.5 Å². The van der Waals surface area contributed by atoms with E-state index in [9.17, 15) is 63.3 Å². The summed E-state index contributed by atoms with van der Waals surface area (Å²) in [6.45, 7) is 19.9. The van der Waals surface area contributed by atoms with Gasteiger partial charge in [0.15, 0.2) is 23.1 Å². The number of nitrogens with one attached hydrogen (secondary N) is 4. The number of anilines is 2. The van der Waals surface area contributed by atoms with Crippen molar-refractivity contribution in [3.63, 3.8) is 0 Å². The molecule has 7 N–H and O–H groups in total. The van der Waals surface area contributed by atoms with Gasteiger partial charge in [-0.25, -0.2) is 9.59 Å². The number of nitrogens with zero attached hydrogens (tertiary/aromatic N) is 2. The number of aliphatic hydroxyl groups is 2. The summed E-state index contributed by atoms with van der Waals surface area (Å²) in [7, 11) is 2.85. The number of amides is 6. The standard InChI is InChI=1S/C37H49N3O9.C36H47N3O10/c1-7-16-48-34(43)20-29(23(2)3)35(44)38-25(5)32(42)18-26-11-13-27(14-12-26)22-49-37(46)39-31-17-24(4)33(47-6)19-30(31)36(45)40-15-9-8-10-28(40)21-41;1-6-15-48-33(43)18-27(22(2)3)34(44)37-23(4)30(41)16-24-10-12-25(13-11-24)21-49-36(46)38-29-19-31(42)32(47-5)17-28(29)35(45)39-14-8-7-9-26(39)20-40/h7,11-14,17,19,23,25,28-29,41H,1,8-10,15-16,18,20-22H2,2-6H3,(H,38,44)(H,39,46);6,10-13,17,19,22-23,26-27,40,42H,1,7-9,14-16,18,20-21H2,2-5H3,(H,37,44)(H,38,46)/t25-,28-,29-;23-,26-,27-/m00/s1. The van der Waals surface area contributed by atoms with Gasteiger partial charge in [-0.05, 0) is 117 Å².